The Morgan fingerprint density at radius 2 is 1.84 bits per heavy atom. The van der Waals surface area contributed by atoms with Crippen molar-refractivity contribution >= 4 is 17.3 Å². The fraction of sp³-hybridized carbons (Fsp3) is 0.417. The second-order valence-electron chi connectivity index (χ2n) is 3.61. The van der Waals surface area contributed by atoms with Crippen LogP contribution in [0.3, 0.4) is 0 Å². The molecule has 0 saturated carbocycles. The van der Waals surface area contributed by atoms with Gasteiger partial charge in [-0.05, 0) is 36.8 Å². The topological polar surface area (TPSA) is 77.8 Å². The lowest BCUT2D eigenvalue weighted by Crippen LogP contribution is -2.40. The molecule has 0 atom stereocenters. The quantitative estimate of drug-likeness (QED) is 0.508. The minimum atomic E-state index is 0.185. The van der Waals surface area contributed by atoms with Crippen molar-refractivity contribution in [1.29, 1.82) is 0 Å². The van der Waals surface area contributed by atoms with Gasteiger partial charge in [0.1, 0.15) is 0 Å². The number of ether oxygens (including phenoxy) is 3. The maximum atomic E-state index is 5.52. The summed E-state index contributed by atoms with van der Waals surface area (Å²) >= 11 is 4.70. The van der Waals surface area contributed by atoms with E-state index in [1.165, 1.54) is 0 Å². The van der Waals surface area contributed by atoms with E-state index in [0.29, 0.717) is 30.4 Å². The van der Waals surface area contributed by atoms with E-state index in [1.807, 2.05) is 19.1 Å². The predicted octanol–water partition coefficient (Wildman–Crippen LogP) is 0.940. The molecule has 0 saturated heterocycles. The molecular weight excluding hydrogens is 266 g/mol. The third-order valence-corrected chi connectivity index (χ3v) is 2.42. The molecule has 0 heterocycles. The van der Waals surface area contributed by atoms with Crippen molar-refractivity contribution in [3.63, 3.8) is 0 Å². The van der Waals surface area contributed by atoms with Gasteiger partial charge < -0.3 is 19.9 Å². The summed E-state index contributed by atoms with van der Waals surface area (Å²) in [7, 11) is 3.17. The lowest BCUT2D eigenvalue weighted by atomic mass is 10.2. The van der Waals surface area contributed by atoms with Crippen molar-refractivity contribution in [2.75, 3.05) is 20.8 Å². The van der Waals surface area contributed by atoms with Gasteiger partial charge in [-0.2, -0.15) is 0 Å². The average molecular weight is 285 g/mol. The molecule has 0 aliphatic carbocycles. The van der Waals surface area contributed by atoms with Crippen LogP contribution in [0.25, 0.3) is 0 Å². The molecule has 0 unspecified atom stereocenters. The highest BCUT2D eigenvalue weighted by Gasteiger charge is 2.13. The van der Waals surface area contributed by atoms with E-state index in [9.17, 15) is 0 Å². The zero-order chi connectivity index (χ0) is 14.3. The summed E-state index contributed by atoms with van der Waals surface area (Å²) in [5.41, 5.74) is 11.8. The number of hydrogen-bond acceptors (Lipinski definition) is 5. The number of nitrogens with one attached hydrogen (secondary N) is 2. The van der Waals surface area contributed by atoms with Gasteiger partial charge in [-0.15, -0.1) is 0 Å². The van der Waals surface area contributed by atoms with Crippen LogP contribution in [0.5, 0.6) is 17.2 Å². The summed E-state index contributed by atoms with van der Waals surface area (Å²) in [5, 5.41) is 0.185. The summed E-state index contributed by atoms with van der Waals surface area (Å²) < 4.78 is 16.1. The minimum absolute atomic E-state index is 0.185. The van der Waals surface area contributed by atoms with Gasteiger partial charge in [0.05, 0.1) is 20.8 Å². The molecule has 0 aromatic heterocycles. The minimum Gasteiger partial charge on any atom is -0.493 e. The molecule has 0 radical (unpaired) electrons. The third-order valence-electron chi connectivity index (χ3n) is 2.31. The molecule has 1 aromatic carbocycles. The van der Waals surface area contributed by atoms with Gasteiger partial charge >= 0.3 is 0 Å². The van der Waals surface area contributed by atoms with E-state index < -0.39 is 0 Å². The highest BCUT2D eigenvalue weighted by molar-refractivity contribution is 7.80. The van der Waals surface area contributed by atoms with E-state index in [-0.39, 0.29) is 5.11 Å². The van der Waals surface area contributed by atoms with Crippen molar-refractivity contribution in [2.24, 2.45) is 5.73 Å². The number of benzene rings is 1. The smallest absolute Gasteiger partial charge is 0.203 e. The average Bonchev–Trinajstić information content (AvgIpc) is 2.39. The Morgan fingerprint density at radius 3 is 2.26 bits per heavy atom. The summed E-state index contributed by atoms with van der Waals surface area (Å²) in [5.74, 6) is 1.83. The van der Waals surface area contributed by atoms with E-state index in [1.54, 1.807) is 14.2 Å². The van der Waals surface area contributed by atoms with Crippen LogP contribution in [0.2, 0.25) is 0 Å². The SMILES string of the molecule is CCOc1c(OC)cc(CNNC(N)=S)cc1OC. The first-order valence-electron chi connectivity index (χ1n) is 5.78. The maximum absolute atomic E-state index is 5.52. The molecule has 0 fully saturated rings. The Bertz CT molecular complexity index is 415. The number of rotatable bonds is 7. The summed E-state index contributed by atoms with van der Waals surface area (Å²) in [6.07, 6.45) is 0. The first-order chi connectivity index (χ1) is 9.12. The number of nitrogens with two attached hydrogens (primary N) is 1. The zero-order valence-electron chi connectivity index (χ0n) is 11.3. The normalized spacial score (nSPS) is 9.84. The number of methoxy groups -OCH3 is 2. The zero-order valence-corrected chi connectivity index (χ0v) is 12.1. The van der Waals surface area contributed by atoms with Crippen LogP contribution in [0.4, 0.5) is 0 Å². The maximum Gasteiger partial charge on any atom is 0.203 e. The van der Waals surface area contributed by atoms with Crippen LogP contribution < -0.4 is 30.8 Å². The molecule has 4 N–H and O–H groups in total. The number of thiocarbonyl (C=S) groups is 1. The number of hydrazine groups is 1. The van der Waals surface area contributed by atoms with E-state index in [2.05, 4.69) is 10.9 Å². The molecule has 0 spiro atoms. The van der Waals surface area contributed by atoms with Gasteiger partial charge in [0.15, 0.2) is 16.6 Å². The first kappa shape index (κ1) is 15.3. The fourth-order valence-electron chi connectivity index (χ4n) is 1.56. The Kier molecular flexibility index (Phi) is 6.17. The van der Waals surface area contributed by atoms with Crippen molar-refractivity contribution in [2.45, 2.75) is 13.5 Å². The van der Waals surface area contributed by atoms with Crippen LogP contribution >= 0.6 is 12.2 Å². The van der Waals surface area contributed by atoms with Crippen molar-refractivity contribution in [3.05, 3.63) is 17.7 Å². The molecule has 1 aromatic rings. The van der Waals surface area contributed by atoms with Gasteiger partial charge in [0.25, 0.3) is 0 Å². The van der Waals surface area contributed by atoms with Crippen molar-refractivity contribution in [3.8, 4) is 17.2 Å². The van der Waals surface area contributed by atoms with E-state index in [0.717, 1.165) is 5.56 Å². The van der Waals surface area contributed by atoms with Gasteiger partial charge in [0, 0.05) is 6.54 Å². The van der Waals surface area contributed by atoms with Crippen LogP contribution in [0.1, 0.15) is 12.5 Å². The fourth-order valence-corrected chi connectivity index (χ4v) is 1.63. The Hall–Kier alpha value is -1.73. The second kappa shape index (κ2) is 7.65. The Balaban J connectivity index is 2.91. The molecule has 106 valence electrons. The molecule has 6 nitrogen and oxygen atoms in total. The van der Waals surface area contributed by atoms with Gasteiger partial charge in [0.2, 0.25) is 5.75 Å². The Labute approximate surface area is 118 Å². The van der Waals surface area contributed by atoms with Crippen molar-refractivity contribution < 1.29 is 14.2 Å². The summed E-state index contributed by atoms with van der Waals surface area (Å²) in [6, 6.07) is 3.73. The molecule has 0 bridgehead atoms. The molecular formula is C12H19N3O3S. The molecule has 19 heavy (non-hydrogen) atoms. The predicted molar refractivity (Wildman–Crippen MR) is 77.5 cm³/mol. The van der Waals surface area contributed by atoms with Gasteiger partial charge in [-0.25, -0.2) is 5.43 Å². The van der Waals surface area contributed by atoms with Gasteiger partial charge in [-0.1, -0.05) is 0 Å². The summed E-state index contributed by atoms with van der Waals surface area (Å²) in [4.78, 5) is 0. The standard InChI is InChI=1S/C12H19N3O3S/c1-4-18-11-9(16-2)5-8(6-10(11)17-3)7-14-15-12(13)19/h5-6,14H,4,7H2,1-3H3,(H3,13,15,19). The second-order valence-corrected chi connectivity index (χ2v) is 4.05. The lowest BCUT2D eigenvalue weighted by Gasteiger charge is -2.15. The Morgan fingerprint density at radius 1 is 1.26 bits per heavy atom. The van der Waals surface area contributed by atoms with Crippen LogP contribution in [-0.2, 0) is 6.54 Å². The first-order valence-corrected chi connectivity index (χ1v) is 6.19. The highest BCUT2D eigenvalue weighted by atomic mass is 32.1. The largest absolute Gasteiger partial charge is 0.493 e. The molecule has 0 aliphatic rings. The highest BCUT2D eigenvalue weighted by Crippen LogP contribution is 2.38. The van der Waals surface area contributed by atoms with Crippen LogP contribution in [0.15, 0.2) is 12.1 Å². The molecule has 0 aliphatic heterocycles. The van der Waals surface area contributed by atoms with Crippen LogP contribution in [-0.4, -0.2) is 25.9 Å². The van der Waals surface area contributed by atoms with E-state index in [4.69, 9.17) is 32.2 Å². The summed E-state index contributed by atoms with van der Waals surface area (Å²) in [6.45, 7) is 2.95. The molecule has 0 amide bonds. The van der Waals surface area contributed by atoms with Crippen molar-refractivity contribution in [1.82, 2.24) is 10.9 Å². The van der Waals surface area contributed by atoms with E-state index >= 15 is 0 Å². The molecule has 7 heteroatoms. The third kappa shape index (κ3) is 4.46. The van der Waals surface area contributed by atoms with Crippen LogP contribution in [0, 0.1) is 0 Å². The van der Waals surface area contributed by atoms with Gasteiger partial charge in [-0.3, -0.25) is 5.43 Å². The number of hydrogen-bond donors (Lipinski definition) is 3. The molecule has 1 rings (SSSR count). The monoisotopic (exact) mass is 285 g/mol. The lowest BCUT2D eigenvalue weighted by molar-refractivity contribution is 0.288.